The first kappa shape index (κ1) is 15.3. The summed E-state index contributed by atoms with van der Waals surface area (Å²) in [6, 6.07) is -0.226. The van der Waals surface area contributed by atoms with E-state index in [1.165, 1.54) is 24.2 Å². The molecule has 0 aliphatic heterocycles. The van der Waals surface area contributed by atoms with Crippen LogP contribution in [0.4, 0.5) is 4.79 Å². The summed E-state index contributed by atoms with van der Waals surface area (Å²) in [6.45, 7) is 2.75. The van der Waals surface area contributed by atoms with Crippen molar-refractivity contribution in [2.24, 2.45) is 0 Å². The highest BCUT2D eigenvalue weighted by Crippen LogP contribution is 2.26. The van der Waals surface area contributed by atoms with Gasteiger partial charge in [-0.15, -0.1) is 11.3 Å². The lowest BCUT2D eigenvalue weighted by molar-refractivity contribution is 0.0277. The fourth-order valence-electron chi connectivity index (χ4n) is 2.53. The van der Waals surface area contributed by atoms with Crippen molar-refractivity contribution >= 4 is 17.4 Å². The maximum Gasteiger partial charge on any atom is 0.315 e. The number of urea groups is 1. The van der Waals surface area contributed by atoms with Crippen LogP contribution in [0, 0.1) is 6.92 Å². The van der Waals surface area contributed by atoms with Crippen LogP contribution >= 0.6 is 11.3 Å². The van der Waals surface area contributed by atoms with Gasteiger partial charge in [0.05, 0.1) is 23.4 Å². The van der Waals surface area contributed by atoms with Gasteiger partial charge in [0.25, 0.3) is 0 Å². The van der Waals surface area contributed by atoms with Crippen LogP contribution in [-0.4, -0.2) is 28.3 Å². The molecule has 2 amide bonds. The quantitative estimate of drug-likeness (QED) is 0.747. The summed E-state index contributed by atoms with van der Waals surface area (Å²) in [7, 11) is 0. The number of carbonyl (C=O) groups excluding carboxylic acids is 1. The first-order valence-corrected chi connectivity index (χ1v) is 8.10. The van der Waals surface area contributed by atoms with Crippen molar-refractivity contribution in [1.82, 2.24) is 15.6 Å². The number of hydrogen-bond acceptors (Lipinski definition) is 4. The van der Waals surface area contributed by atoms with Crippen LogP contribution < -0.4 is 10.6 Å². The van der Waals surface area contributed by atoms with Crippen LogP contribution in [0.5, 0.6) is 0 Å². The Bertz CT molecular complexity index is 439. The molecule has 1 fully saturated rings. The lowest BCUT2D eigenvalue weighted by atomic mass is 9.95. The summed E-state index contributed by atoms with van der Waals surface area (Å²) in [6.07, 6.45) is 6.00. The van der Waals surface area contributed by atoms with E-state index in [0.717, 1.165) is 36.3 Å². The molecule has 0 saturated heterocycles. The highest BCUT2D eigenvalue weighted by Gasteiger charge is 2.28. The van der Waals surface area contributed by atoms with Gasteiger partial charge in [0, 0.05) is 11.4 Å². The van der Waals surface area contributed by atoms with E-state index in [1.807, 2.05) is 6.92 Å². The van der Waals surface area contributed by atoms with E-state index in [1.54, 1.807) is 5.51 Å². The first-order chi connectivity index (χ1) is 9.59. The second-order valence-electron chi connectivity index (χ2n) is 5.54. The van der Waals surface area contributed by atoms with Crippen LogP contribution in [0.2, 0.25) is 0 Å². The Hall–Kier alpha value is -1.14. The van der Waals surface area contributed by atoms with Crippen LogP contribution in [0.15, 0.2) is 5.51 Å². The molecular weight excluding hydrogens is 274 g/mol. The number of nitrogens with zero attached hydrogens (tertiary/aromatic N) is 1. The Kier molecular flexibility index (Phi) is 5.37. The van der Waals surface area contributed by atoms with Gasteiger partial charge in [-0.25, -0.2) is 9.78 Å². The minimum atomic E-state index is -0.728. The lowest BCUT2D eigenvalue weighted by Gasteiger charge is -2.26. The van der Waals surface area contributed by atoms with Gasteiger partial charge in [-0.1, -0.05) is 25.7 Å². The minimum Gasteiger partial charge on any atom is -0.388 e. The van der Waals surface area contributed by atoms with Gasteiger partial charge in [-0.05, 0) is 19.8 Å². The topological polar surface area (TPSA) is 74.2 Å². The van der Waals surface area contributed by atoms with Crippen molar-refractivity contribution in [3.05, 3.63) is 16.1 Å². The average Bonchev–Trinajstić information content (AvgIpc) is 2.70. The molecule has 0 spiro atoms. The minimum absolute atomic E-state index is 0.226. The summed E-state index contributed by atoms with van der Waals surface area (Å²) in [5.41, 5.74) is 2.00. The predicted molar refractivity (Wildman–Crippen MR) is 79.7 cm³/mol. The number of rotatable bonds is 4. The molecule has 0 bridgehead atoms. The van der Waals surface area contributed by atoms with E-state index in [4.69, 9.17) is 0 Å². The van der Waals surface area contributed by atoms with Crippen molar-refractivity contribution in [3.8, 4) is 0 Å². The Labute approximate surface area is 123 Å². The molecule has 0 aromatic carbocycles. The fraction of sp³-hybridized carbons (Fsp3) is 0.714. The molecule has 1 aromatic rings. The van der Waals surface area contributed by atoms with Gasteiger partial charge in [0.2, 0.25) is 0 Å². The Morgan fingerprint density at radius 2 is 2.05 bits per heavy atom. The third-order valence-corrected chi connectivity index (χ3v) is 4.80. The largest absolute Gasteiger partial charge is 0.388 e. The highest BCUT2D eigenvalue weighted by molar-refractivity contribution is 7.09. The van der Waals surface area contributed by atoms with E-state index in [-0.39, 0.29) is 6.03 Å². The highest BCUT2D eigenvalue weighted by atomic mass is 32.1. The number of aromatic nitrogens is 1. The molecule has 1 heterocycles. The number of aliphatic hydroxyl groups is 1. The smallest absolute Gasteiger partial charge is 0.315 e. The third-order valence-electron chi connectivity index (χ3n) is 3.87. The molecule has 20 heavy (non-hydrogen) atoms. The van der Waals surface area contributed by atoms with Gasteiger partial charge in [-0.2, -0.15) is 0 Å². The van der Waals surface area contributed by atoms with Crippen molar-refractivity contribution in [3.63, 3.8) is 0 Å². The molecule has 1 saturated carbocycles. The number of carbonyl (C=O) groups is 1. The van der Waals surface area contributed by atoms with E-state index >= 15 is 0 Å². The van der Waals surface area contributed by atoms with Gasteiger partial charge < -0.3 is 15.7 Å². The third kappa shape index (κ3) is 4.45. The first-order valence-electron chi connectivity index (χ1n) is 7.22. The van der Waals surface area contributed by atoms with Crippen molar-refractivity contribution in [2.45, 2.75) is 57.6 Å². The van der Waals surface area contributed by atoms with Crippen LogP contribution in [0.1, 0.15) is 49.1 Å². The SMILES string of the molecule is Cc1ncsc1CNC(=O)NCC1(O)CCCCCC1. The number of amides is 2. The van der Waals surface area contributed by atoms with E-state index in [0.29, 0.717) is 13.1 Å². The monoisotopic (exact) mass is 297 g/mol. The number of hydrogen-bond donors (Lipinski definition) is 3. The molecule has 3 N–H and O–H groups in total. The molecule has 0 radical (unpaired) electrons. The number of nitrogens with one attached hydrogen (secondary N) is 2. The Morgan fingerprint density at radius 1 is 1.35 bits per heavy atom. The molecule has 1 aromatic heterocycles. The van der Waals surface area contributed by atoms with Crippen molar-refractivity contribution in [1.29, 1.82) is 0 Å². The molecule has 1 aliphatic carbocycles. The number of thiazole rings is 1. The van der Waals surface area contributed by atoms with Gasteiger partial charge in [0.15, 0.2) is 0 Å². The summed E-state index contributed by atoms with van der Waals surface area (Å²) < 4.78 is 0. The zero-order valence-corrected chi connectivity index (χ0v) is 12.8. The van der Waals surface area contributed by atoms with Crippen LogP contribution in [-0.2, 0) is 6.54 Å². The maximum absolute atomic E-state index is 11.8. The summed E-state index contributed by atoms with van der Waals surface area (Å²) in [4.78, 5) is 17.0. The molecule has 1 aliphatic rings. The molecule has 2 rings (SSSR count). The molecule has 112 valence electrons. The number of aryl methyl sites for hydroxylation is 1. The van der Waals surface area contributed by atoms with Gasteiger partial charge in [0.1, 0.15) is 0 Å². The van der Waals surface area contributed by atoms with E-state index in [9.17, 15) is 9.90 Å². The lowest BCUT2D eigenvalue weighted by Crippen LogP contribution is -2.46. The molecule has 0 unspecified atom stereocenters. The standard InChI is InChI=1S/C14H23N3O2S/c1-11-12(20-10-17-11)8-15-13(18)16-9-14(19)6-4-2-3-5-7-14/h10,19H,2-9H2,1H3,(H2,15,16,18). The Morgan fingerprint density at radius 3 is 2.65 bits per heavy atom. The summed E-state index contributed by atoms with van der Waals surface area (Å²) in [5.74, 6) is 0. The van der Waals surface area contributed by atoms with Gasteiger partial charge >= 0.3 is 6.03 Å². The second-order valence-corrected chi connectivity index (χ2v) is 6.48. The molecule has 6 heteroatoms. The second kappa shape index (κ2) is 7.04. The zero-order valence-electron chi connectivity index (χ0n) is 11.9. The molecule has 5 nitrogen and oxygen atoms in total. The van der Waals surface area contributed by atoms with E-state index < -0.39 is 5.60 Å². The van der Waals surface area contributed by atoms with Crippen LogP contribution in [0.25, 0.3) is 0 Å². The predicted octanol–water partition coefficient (Wildman–Crippen LogP) is 2.34. The van der Waals surface area contributed by atoms with E-state index in [2.05, 4.69) is 15.6 Å². The summed E-state index contributed by atoms with van der Waals surface area (Å²) >= 11 is 1.54. The van der Waals surface area contributed by atoms with Crippen molar-refractivity contribution in [2.75, 3.05) is 6.54 Å². The fourth-order valence-corrected chi connectivity index (χ4v) is 3.24. The molecule has 0 atom stereocenters. The zero-order chi connectivity index (χ0) is 14.4. The van der Waals surface area contributed by atoms with Gasteiger partial charge in [-0.3, -0.25) is 0 Å². The average molecular weight is 297 g/mol. The van der Waals surface area contributed by atoms with Crippen LogP contribution in [0.3, 0.4) is 0 Å². The Balaban J connectivity index is 1.73. The summed E-state index contributed by atoms with van der Waals surface area (Å²) in [5, 5.41) is 16.0. The molecular formula is C14H23N3O2S. The normalized spacial score (nSPS) is 18.3. The maximum atomic E-state index is 11.8. The van der Waals surface area contributed by atoms with Crippen molar-refractivity contribution < 1.29 is 9.90 Å².